The predicted molar refractivity (Wildman–Crippen MR) is 120 cm³/mol. The zero-order valence-electron chi connectivity index (χ0n) is 17.7. The number of aromatic nitrogens is 3. The van der Waals surface area contributed by atoms with Gasteiger partial charge in [0.2, 0.25) is 5.91 Å². The minimum Gasteiger partial charge on any atom is -0.346 e. The molecule has 0 saturated heterocycles. The van der Waals surface area contributed by atoms with Gasteiger partial charge in [0.05, 0.1) is 11.0 Å². The van der Waals surface area contributed by atoms with E-state index in [-0.39, 0.29) is 17.6 Å². The molecular formula is C22H25N5O3S. The summed E-state index contributed by atoms with van der Waals surface area (Å²) in [6.07, 6.45) is 1.19. The summed E-state index contributed by atoms with van der Waals surface area (Å²) >= 11 is 1.53. The second-order valence-electron chi connectivity index (χ2n) is 7.20. The number of thioether (sulfide) groups is 1. The number of carbonyl (C=O) groups excluding carboxylic acids is 1. The number of carbonyl (C=O) groups is 1. The molecule has 31 heavy (non-hydrogen) atoms. The first-order chi connectivity index (χ1) is 14.9. The molecule has 0 spiro atoms. The van der Waals surface area contributed by atoms with Crippen LogP contribution in [0.2, 0.25) is 0 Å². The van der Waals surface area contributed by atoms with Gasteiger partial charge < -0.3 is 5.32 Å². The molecule has 0 fully saturated rings. The third-order valence-corrected chi connectivity index (χ3v) is 5.81. The van der Waals surface area contributed by atoms with E-state index in [4.69, 9.17) is 0 Å². The van der Waals surface area contributed by atoms with Gasteiger partial charge in [0.15, 0.2) is 11.0 Å². The van der Waals surface area contributed by atoms with Crippen LogP contribution in [0.4, 0.5) is 5.69 Å². The van der Waals surface area contributed by atoms with Gasteiger partial charge in [-0.3, -0.25) is 19.5 Å². The normalized spacial score (nSPS) is 11.8. The number of rotatable bonds is 9. The molecule has 1 unspecified atom stereocenters. The predicted octanol–water partition coefficient (Wildman–Crippen LogP) is 4.75. The number of nitro benzene ring substituents is 1. The number of nitro groups is 1. The van der Waals surface area contributed by atoms with Crippen LogP contribution in [0.3, 0.4) is 0 Å². The number of nitrogens with one attached hydrogen (secondary N) is 1. The van der Waals surface area contributed by atoms with Gasteiger partial charge in [-0.15, -0.1) is 10.2 Å². The van der Waals surface area contributed by atoms with E-state index < -0.39 is 4.92 Å². The van der Waals surface area contributed by atoms with Crippen LogP contribution in [-0.2, 0) is 10.5 Å². The third kappa shape index (κ3) is 5.49. The van der Waals surface area contributed by atoms with Crippen LogP contribution >= 0.6 is 11.8 Å². The van der Waals surface area contributed by atoms with Crippen molar-refractivity contribution >= 4 is 23.4 Å². The fourth-order valence-electron chi connectivity index (χ4n) is 3.14. The van der Waals surface area contributed by atoms with Gasteiger partial charge in [-0.25, -0.2) is 0 Å². The Balaban J connectivity index is 1.94. The van der Waals surface area contributed by atoms with Crippen LogP contribution in [0, 0.1) is 17.0 Å². The smallest absolute Gasteiger partial charge is 0.269 e. The van der Waals surface area contributed by atoms with E-state index in [0.29, 0.717) is 28.8 Å². The zero-order chi connectivity index (χ0) is 22.4. The molecule has 1 amide bonds. The van der Waals surface area contributed by atoms with E-state index >= 15 is 0 Å². The maximum atomic E-state index is 12.1. The van der Waals surface area contributed by atoms with Crippen LogP contribution in [0.1, 0.15) is 49.7 Å². The van der Waals surface area contributed by atoms with Gasteiger partial charge >= 0.3 is 0 Å². The van der Waals surface area contributed by atoms with Crippen LogP contribution in [0.25, 0.3) is 5.69 Å². The maximum Gasteiger partial charge on any atom is 0.269 e. The number of amides is 1. The molecule has 162 valence electrons. The van der Waals surface area contributed by atoms with Crippen molar-refractivity contribution in [1.82, 2.24) is 20.1 Å². The SMILES string of the molecule is CCCC(=O)NC(C)c1nnc(SCc2ccccc2C)n1-c1ccc([N+](=O)[O-])cc1. The van der Waals surface area contributed by atoms with Gasteiger partial charge in [0, 0.05) is 30.0 Å². The Bertz CT molecular complexity index is 1070. The first-order valence-corrected chi connectivity index (χ1v) is 11.1. The summed E-state index contributed by atoms with van der Waals surface area (Å²) in [6, 6.07) is 14.0. The zero-order valence-corrected chi connectivity index (χ0v) is 18.6. The molecule has 1 atom stereocenters. The van der Waals surface area contributed by atoms with Gasteiger partial charge in [-0.2, -0.15) is 0 Å². The van der Waals surface area contributed by atoms with E-state index in [1.165, 1.54) is 35.0 Å². The Kier molecular flexibility index (Phi) is 7.41. The van der Waals surface area contributed by atoms with Gasteiger partial charge in [0.1, 0.15) is 0 Å². The lowest BCUT2D eigenvalue weighted by Crippen LogP contribution is -2.28. The molecule has 1 heterocycles. The van der Waals surface area contributed by atoms with Gasteiger partial charge in [0.25, 0.3) is 5.69 Å². The molecule has 9 heteroatoms. The molecule has 0 radical (unpaired) electrons. The van der Waals surface area contributed by atoms with Crippen molar-refractivity contribution < 1.29 is 9.72 Å². The second-order valence-corrected chi connectivity index (χ2v) is 8.15. The summed E-state index contributed by atoms with van der Waals surface area (Å²) in [4.78, 5) is 22.7. The number of non-ortho nitro benzene ring substituents is 1. The van der Waals surface area contributed by atoms with Gasteiger partial charge in [-0.1, -0.05) is 43.0 Å². The second kappa shape index (κ2) is 10.2. The molecule has 2 aromatic carbocycles. The molecular weight excluding hydrogens is 414 g/mol. The summed E-state index contributed by atoms with van der Waals surface area (Å²) in [7, 11) is 0. The number of nitrogens with zero attached hydrogens (tertiary/aromatic N) is 4. The van der Waals surface area contributed by atoms with Crippen molar-refractivity contribution in [2.24, 2.45) is 0 Å². The summed E-state index contributed by atoms with van der Waals surface area (Å²) < 4.78 is 1.85. The van der Waals surface area contributed by atoms with Crippen molar-refractivity contribution in [3.05, 3.63) is 75.6 Å². The Morgan fingerprint density at radius 2 is 1.90 bits per heavy atom. The van der Waals surface area contributed by atoms with E-state index in [9.17, 15) is 14.9 Å². The quantitative estimate of drug-likeness (QED) is 0.293. The van der Waals surface area contributed by atoms with E-state index in [1.54, 1.807) is 12.1 Å². The summed E-state index contributed by atoms with van der Waals surface area (Å²) in [5.74, 6) is 1.22. The molecule has 8 nitrogen and oxygen atoms in total. The van der Waals surface area contributed by atoms with Crippen LogP contribution in [0.5, 0.6) is 0 Å². The lowest BCUT2D eigenvalue weighted by Gasteiger charge is -2.16. The molecule has 0 bridgehead atoms. The Labute approximate surface area is 185 Å². The highest BCUT2D eigenvalue weighted by atomic mass is 32.2. The highest BCUT2D eigenvalue weighted by Crippen LogP contribution is 2.29. The molecule has 0 aliphatic rings. The van der Waals surface area contributed by atoms with Crippen LogP contribution in [-0.4, -0.2) is 25.6 Å². The first-order valence-electron chi connectivity index (χ1n) is 10.1. The average molecular weight is 440 g/mol. The highest BCUT2D eigenvalue weighted by Gasteiger charge is 2.21. The van der Waals surface area contributed by atoms with Crippen molar-refractivity contribution in [2.75, 3.05) is 0 Å². The molecule has 3 aromatic rings. The number of hydrogen-bond donors (Lipinski definition) is 1. The average Bonchev–Trinajstić information content (AvgIpc) is 3.17. The fourth-order valence-corrected chi connectivity index (χ4v) is 4.18. The topological polar surface area (TPSA) is 103 Å². The minimum absolute atomic E-state index is 0.0109. The Hall–Kier alpha value is -3.20. The maximum absolute atomic E-state index is 12.1. The molecule has 1 aromatic heterocycles. The van der Waals surface area contributed by atoms with E-state index in [2.05, 4.69) is 34.6 Å². The summed E-state index contributed by atoms with van der Waals surface area (Å²) in [6.45, 7) is 5.87. The molecule has 1 N–H and O–H groups in total. The van der Waals surface area contributed by atoms with Crippen LogP contribution in [0.15, 0.2) is 53.7 Å². The monoisotopic (exact) mass is 439 g/mol. The van der Waals surface area contributed by atoms with Crippen LogP contribution < -0.4 is 5.32 Å². The first kappa shape index (κ1) is 22.5. The molecule has 0 aliphatic heterocycles. The van der Waals surface area contributed by atoms with E-state index in [1.807, 2.05) is 30.5 Å². The minimum atomic E-state index is -0.432. The lowest BCUT2D eigenvalue weighted by atomic mass is 10.1. The van der Waals surface area contributed by atoms with E-state index in [0.717, 1.165) is 6.42 Å². The highest BCUT2D eigenvalue weighted by molar-refractivity contribution is 7.98. The van der Waals surface area contributed by atoms with Crippen molar-refractivity contribution in [2.45, 2.75) is 50.6 Å². The number of aryl methyl sites for hydroxylation is 1. The Morgan fingerprint density at radius 3 is 2.55 bits per heavy atom. The third-order valence-electron chi connectivity index (χ3n) is 4.84. The fraction of sp³-hybridized carbons (Fsp3) is 0.318. The molecule has 0 saturated carbocycles. The van der Waals surface area contributed by atoms with Crippen molar-refractivity contribution in [3.63, 3.8) is 0 Å². The molecule has 0 aliphatic carbocycles. The standard InChI is InChI=1S/C22H25N5O3S/c1-4-7-20(28)23-16(3)21-24-25-22(31-14-17-9-6-5-8-15(17)2)26(21)18-10-12-19(13-11-18)27(29)30/h5-6,8-13,16H,4,7,14H2,1-3H3,(H,23,28). The lowest BCUT2D eigenvalue weighted by molar-refractivity contribution is -0.384. The molecule has 3 rings (SSSR count). The number of hydrogen-bond acceptors (Lipinski definition) is 6. The largest absolute Gasteiger partial charge is 0.346 e. The number of benzene rings is 2. The van der Waals surface area contributed by atoms with Crippen molar-refractivity contribution in [3.8, 4) is 5.69 Å². The Morgan fingerprint density at radius 1 is 1.19 bits per heavy atom. The summed E-state index contributed by atoms with van der Waals surface area (Å²) in [5.41, 5.74) is 3.10. The van der Waals surface area contributed by atoms with Crippen molar-refractivity contribution in [1.29, 1.82) is 0 Å². The summed E-state index contributed by atoms with van der Waals surface area (Å²) in [5, 5.41) is 23.3. The van der Waals surface area contributed by atoms with Gasteiger partial charge in [-0.05, 0) is 43.5 Å².